The van der Waals surface area contributed by atoms with E-state index >= 15 is 0 Å². The summed E-state index contributed by atoms with van der Waals surface area (Å²) < 4.78 is 26.8. The molecule has 0 aliphatic heterocycles. The number of hydrazone groups is 1. The van der Waals surface area contributed by atoms with E-state index in [1.54, 1.807) is 26.5 Å². The Labute approximate surface area is 183 Å². The smallest absolute Gasteiger partial charge is 0.343 e. The van der Waals surface area contributed by atoms with Crippen molar-refractivity contribution in [2.24, 2.45) is 5.10 Å². The van der Waals surface area contributed by atoms with Gasteiger partial charge in [-0.25, -0.2) is 4.79 Å². The highest BCUT2D eigenvalue weighted by Gasteiger charge is 2.13. The van der Waals surface area contributed by atoms with E-state index in [0.717, 1.165) is 14.7 Å². The number of nitrogens with one attached hydrogen (secondary N) is 1. The maximum Gasteiger partial charge on any atom is 0.343 e. The third-order valence-corrected chi connectivity index (χ3v) is 4.65. The van der Waals surface area contributed by atoms with Crippen LogP contribution < -0.4 is 24.4 Å². The summed E-state index contributed by atoms with van der Waals surface area (Å²) in [4.78, 5) is 11.3. The van der Waals surface area contributed by atoms with Crippen LogP contribution in [0.1, 0.15) is 11.1 Å². The number of hydrogen-bond acceptors (Lipinski definition) is 8. The summed E-state index contributed by atoms with van der Waals surface area (Å²) in [7, 11) is 6.04. The highest BCUT2D eigenvalue weighted by Crippen LogP contribution is 2.33. The van der Waals surface area contributed by atoms with E-state index in [4.69, 9.17) is 18.9 Å². The molecule has 156 valence electrons. The van der Waals surface area contributed by atoms with E-state index in [0.29, 0.717) is 29.5 Å². The Morgan fingerprint density at radius 3 is 2.41 bits per heavy atom. The highest BCUT2D eigenvalue weighted by molar-refractivity contribution is 14.1. The van der Waals surface area contributed by atoms with Gasteiger partial charge in [0.1, 0.15) is 0 Å². The first kappa shape index (κ1) is 22.6. The third-order valence-electron chi connectivity index (χ3n) is 3.85. The molecule has 0 amide bonds. The highest BCUT2D eigenvalue weighted by atomic mass is 127. The van der Waals surface area contributed by atoms with Gasteiger partial charge in [-0.15, -0.1) is 0 Å². The molecule has 0 bridgehead atoms. The first-order valence-electron chi connectivity index (χ1n) is 8.56. The molecular weight excluding hydrogens is 491 g/mol. The number of methoxy groups -OCH3 is 4. The van der Waals surface area contributed by atoms with E-state index in [2.05, 4.69) is 37.9 Å². The van der Waals surface area contributed by atoms with Crippen LogP contribution in [-0.2, 0) is 16.1 Å². The van der Waals surface area contributed by atoms with Crippen molar-refractivity contribution in [3.05, 3.63) is 45.0 Å². The number of esters is 1. The fraction of sp³-hybridized carbons (Fsp3) is 0.300. The lowest BCUT2D eigenvalue weighted by Gasteiger charge is -2.12. The van der Waals surface area contributed by atoms with Crippen LogP contribution in [0.3, 0.4) is 0 Å². The summed E-state index contributed by atoms with van der Waals surface area (Å²) in [5, 5.41) is 4.25. The van der Waals surface area contributed by atoms with E-state index in [-0.39, 0.29) is 6.61 Å². The second-order valence-corrected chi connectivity index (χ2v) is 6.84. The normalized spacial score (nSPS) is 10.5. The van der Waals surface area contributed by atoms with Crippen molar-refractivity contribution >= 4 is 34.8 Å². The minimum absolute atomic E-state index is 0.191. The van der Waals surface area contributed by atoms with Gasteiger partial charge in [0.2, 0.25) is 0 Å². The molecule has 29 heavy (non-hydrogen) atoms. The monoisotopic (exact) mass is 514 g/mol. The van der Waals surface area contributed by atoms with Crippen LogP contribution in [-0.4, -0.2) is 47.2 Å². The number of benzene rings is 2. The zero-order chi connectivity index (χ0) is 21.2. The van der Waals surface area contributed by atoms with Crippen LogP contribution in [0, 0.1) is 3.57 Å². The fourth-order valence-electron chi connectivity index (χ4n) is 2.39. The summed E-state index contributed by atoms with van der Waals surface area (Å²) in [5.41, 5.74) is 4.81. The number of carbonyl (C=O) groups is 1. The van der Waals surface area contributed by atoms with Gasteiger partial charge in [0.25, 0.3) is 0 Å². The number of rotatable bonds is 10. The van der Waals surface area contributed by atoms with Gasteiger partial charge in [-0.1, -0.05) is 6.07 Å². The summed E-state index contributed by atoms with van der Waals surface area (Å²) >= 11 is 2.11. The number of nitrogens with zero attached hydrogens (tertiary/aromatic N) is 1. The van der Waals surface area contributed by atoms with Gasteiger partial charge in [-0.3, -0.25) is 0 Å². The van der Waals surface area contributed by atoms with Crippen molar-refractivity contribution in [1.29, 1.82) is 0 Å². The molecule has 0 aliphatic rings. The zero-order valence-electron chi connectivity index (χ0n) is 16.7. The molecule has 9 heteroatoms. The minimum Gasteiger partial charge on any atom is -0.493 e. The Morgan fingerprint density at radius 1 is 1.03 bits per heavy atom. The molecular formula is C20H23IN2O6. The Bertz CT molecular complexity index is 872. The van der Waals surface area contributed by atoms with Gasteiger partial charge in [0.05, 0.1) is 44.8 Å². The first-order valence-corrected chi connectivity index (χ1v) is 9.64. The number of carbonyl (C=O) groups excluding carboxylic acids is 1. The lowest BCUT2D eigenvalue weighted by atomic mass is 10.2. The molecule has 1 N–H and O–H groups in total. The first-order chi connectivity index (χ1) is 14.0. The number of hydrogen-bond donors (Lipinski definition) is 1. The summed E-state index contributed by atoms with van der Waals surface area (Å²) in [6.45, 7) is 0.328. The average molecular weight is 514 g/mol. The average Bonchev–Trinajstić information content (AvgIpc) is 2.74. The molecule has 0 unspecified atom stereocenters. The predicted molar refractivity (Wildman–Crippen MR) is 117 cm³/mol. The molecule has 0 radical (unpaired) electrons. The summed E-state index contributed by atoms with van der Waals surface area (Å²) in [5.74, 6) is 1.86. The third kappa shape index (κ3) is 6.41. The molecule has 2 aromatic carbocycles. The van der Waals surface area contributed by atoms with E-state index in [1.807, 2.05) is 24.3 Å². The SMILES string of the molecule is COC(=O)COc1c(I)cc(/C=N/NCc2ccc(OC)c(OC)c2)cc1OC. The Hall–Kier alpha value is -2.69. The standard InChI is InChI=1S/C20H23IN2O6/c1-25-16-6-5-13(8-17(16)26-2)10-22-23-11-14-7-15(21)20(18(9-14)27-3)29-12-19(24)28-4/h5-9,11,22H,10,12H2,1-4H3/b23-11+. The Morgan fingerprint density at radius 2 is 1.76 bits per heavy atom. The van der Waals surface area contributed by atoms with E-state index in [1.165, 1.54) is 14.2 Å². The topological polar surface area (TPSA) is 87.6 Å². The van der Waals surface area contributed by atoms with Crippen molar-refractivity contribution in [3.8, 4) is 23.0 Å². The predicted octanol–water partition coefficient (Wildman–Crippen LogP) is 2.99. The van der Waals surface area contributed by atoms with Crippen LogP contribution >= 0.6 is 22.6 Å². The van der Waals surface area contributed by atoms with Crippen molar-refractivity contribution in [2.75, 3.05) is 35.0 Å². The van der Waals surface area contributed by atoms with Crippen molar-refractivity contribution in [2.45, 2.75) is 6.54 Å². The fourth-order valence-corrected chi connectivity index (χ4v) is 3.17. The van der Waals surface area contributed by atoms with Gasteiger partial charge in [0.15, 0.2) is 29.6 Å². The van der Waals surface area contributed by atoms with Crippen LogP contribution in [0.4, 0.5) is 0 Å². The maximum atomic E-state index is 11.3. The van der Waals surface area contributed by atoms with Crippen molar-refractivity contribution in [3.63, 3.8) is 0 Å². The molecule has 0 aromatic heterocycles. The van der Waals surface area contributed by atoms with Gasteiger partial charge >= 0.3 is 5.97 Å². The van der Waals surface area contributed by atoms with Gasteiger partial charge < -0.3 is 29.1 Å². The molecule has 0 aliphatic carbocycles. The van der Waals surface area contributed by atoms with E-state index in [9.17, 15) is 4.79 Å². The molecule has 2 aromatic rings. The van der Waals surface area contributed by atoms with Crippen LogP contribution in [0.2, 0.25) is 0 Å². The van der Waals surface area contributed by atoms with Crippen LogP contribution in [0.15, 0.2) is 35.4 Å². The lowest BCUT2D eigenvalue weighted by Crippen LogP contribution is -2.13. The maximum absolute atomic E-state index is 11.3. The Balaban J connectivity index is 2.03. The van der Waals surface area contributed by atoms with Crippen molar-refractivity contribution < 1.29 is 28.5 Å². The zero-order valence-corrected chi connectivity index (χ0v) is 18.8. The van der Waals surface area contributed by atoms with Gasteiger partial charge in [-0.05, 0) is 58.0 Å². The summed E-state index contributed by atoms with van der Waals surface area (Å²) in [6, 6.07) is 9.32. The van der Waals surface area contributed by atoms with E-state index < -0.39 is 5.97 Å². The summed E-state index contributed by atoms with van der Waals surface area (Å²) in [6.07, 6.45) is 1.68. The number of ether oxygens (including phenoxy) is 5. The second-order valence-electron chi connectivity index (χ2n) is 5.68. The number of halogens is 1. The Kier molecular flexibility index (Phi) is 8.84. The largest absolute Gasteiger partial charge is 0.493 e. The minimum atomic E-state index is -0.465. The molecule has 0 atom stereocenters. The lowest BCUT2D eigenvalue weighted by molar-refractivity contribution is -0.142. The molecule has 0 heterocycles. The molecule has 0 spiro atoms. The molecule has 0 saturated carbocycles. The molecule has 0 saturated heterocycles. The molecule has 0 fully saturated rings. The van der Waals surface area contributed by atoms with Crippen LogP contribution in [0.25, 0.3) is 0 Å². The quantitative estimate of drug-likeness (QED) is 0.226. The van der Waals surface area contributed by atoms with Gasteiger partial charge in [-0.2, -0.15) is 5.10 Å². The molecule has 2 rings (SSSR count). The second kappa shape index (κ2) is 11.3. The van der Waals surface area contributed by atoms with Gasteiger partial charge in [0, 0.05) is 0 Å². The van der Waals surface area contributed by atoms with Crippen molar-refractivity contribution in [1.82, 2.24) is 5.43 Å². The van der Waals surface area contributed by atoms with Crippen LogP contribution in [0.5, 0.6) is 23.0 Å². The molecule has 8 nitrogen and oxygen atoms in total.